The molecule has 0 radical (unpaired) electrons. The zero-order valence-electron chi connectivity index (χ0n) is 15.5. The molecule has 0 aliphatic rings. The number of ether oxygens (including phenoxy) is 1. The number of allylic oxidation sites excluding steroid dienone is 2. The van der Waals surface area contributed by atoms with Gasteiger partial charge in [0.2, 0.25) is 0 Å². The van der Waals surface area contributed by atoms with E-state index < -0.39 is 0 Å². The fraction of sp³-hybridized carbons (Fsp3) is 0.571. The lowest BCUT2D eigenvalue weighted by molar-refractivity contribution is -0.144. The quantitative estimate of drug-likeness (QED) is 0.448. The Morgan fingerprint density at radius 2 is 1.88 bits per heavy atom. The molecule has 2 atom stereocenters. The number of benzene rings is 1. The molecule has 0 spiro atoms. The molecule has 1 N–H and O–H groups in total. The van der Waals surface area contributed by atoms with E-state index in [-0.39, 0.29) is 11.9 Å². The molecule has 0 aliphatic heterocycles. The van der Waals surface area contributed by atoms with Crippen molar-refractivity contribution in [2.75, 3.05) is 6.61 Å². The highest BCUT2D eigenvalue weighted by Gasteiger charge is 2.13. The van der Waals surface area contributed by atoms with E-state index in [9.17, 15) is 9.90 Å². The summed E-state index contributed by atoms with van der Waals surface area (Å²) < 4.78 is 5.34. The molecule has 1 rings (SSSR count). The summed E-state index contributed by atoms with van der Waals surface area (Å²) in [5, 5.41) is 9.83. The lowest BCUT2D eigenvalue weighted by Gasteiger charge is -2.14. The first-order valence-corrected chi connectivity index (χ1v) is 8.97. The maximum absolute atomic E-state index is 11.9. The van der Waals surface area contributed by atoms with Crippen LogP contribution < -0.4 is 0 Å². The van der Waals surface area contributed by atoms with Gasteiger partial charge in [-0.25, -0.2) is 0 Å². The van der Waals surface area contributed by atoms with Crippen LogP contribution in [0.15, 0.2) is 35.9 Å². The Labute approximate surface area is 146 Å². The van der Waals surface area contributed by atoms with Gasteiger partial charge in [0, 0.05) is 6.42 Å². The van der Waals surface area contributed by atoms with Gasteiger partial charge in [-0.3, -0.25) is 4.79 Å². The van der Waals surface area contributed by atoms with Crippen molar-refractivity contribution in [3.8, 4) is 5.75 Å². The Kier molecular flexibility index (Phi) is 9.21. The third kappa shape index (κ3) is 8.19. The highest BCUT2D eigenvalue weighted by Crippen LogP contribution is 2.28. The predicted molar refractivity (Wildman–Crippen MR) is 99.2 cm³/mol. The van der Waals surface area contributed by atoms with Crippen molar-refractivity contribution in [2.24, 2.45) is 5.92 Å². The molecule has 0 saturated heterocycles. The number of phenolic OH excluding ortho intramolecular Hbond substituents is 1. The number of phenols is 1. The summed E-state index contributed by atoms with van der Waals surface area (Å²) in [5.41, 5.74) is 2.24. The van der Waals surface area contributed by atoms with Crippen LogP contribution in [0.5, 0.6) is 5.75 Å². The van der Waals surface area contributed by atoms with Gasteiger partial charge in [-0.1, -0.05) is 43.7 Å². The van der Waals surface area contributed by atoms with Gasteiger partial charge in [0.1, 0.15) is 5.75 Å². The number of para-hydroxylation sites is 1. The second-order valence-electron chi connectivity index (χ2n) is 6.97. The van der Waals surface area contributed by atoms with Crippen LogP contribution in [-0.4, -0.2) is 17.7 Å². The van der Waals surface area contributed by atoms with E-state index in [0.717, 1.165) is 24.8 Å². The van der Waals surface area contributed by atoms with Crippen LogP contribution >= 0.6 is 0 Å². The number of rotatable bonds is 10. The van der Waals surface area contributed by atoms with E-state index >= 15 is 0 Å². The number of hydrogen-bond donors (Lipinski definition) is 1. The van der Waals surface area contributed by atoms with E-state index in [1.807, 2.05) is 19.1 Å². The Bertz CT molecular complexity index is 530. The average Bonchev–Trinajstić information content (AvgIpc) is 2.52. The fourth-order valence-electron chi connectivity index (χ4n) is 2.64. The van der Waals surface area contributed by atoms with Crippen LogP contribution in [0.4, 0.5) is 0 Å². The van der Waals surface area contributed by atoms with Crippen LogP contribution in [0.1, 0.15) is 71.3 Å². The van der Waals surface area contributed by atoms with Gasteiger partial charge in [0.15, 0.2) is 0 Å². The highest BCUT2D eigenvalue weighted by molar-refractivity contribution is 5.69. The van der Waals surface area contributed by atoms with E-state index in [0.29, 0.717) is 31.1 Å². The van der Waals surface area contributed by atoms with Crippen LogP contribution in [0.25, 0.3) is 0 Å². The van der Waals surface area contributed by atoms with Gasteiger partial charge < -0.3 is 9.84 Å². The first kappa shape index (κ1) is 20.3. The molecule has 0 bridgehead atoms. The summed E-state index contributed by atoms with van der Waals surface area (Å²) in [7, 11) is 0. The van der Waals surface area contributed by atoms with Crippen molar-refractivity contribution in [2.45, 2.75) is 65.7 Å². The summed E-state index contributed by atoms with van der Waals surface area (Å²) in [6, 6.07) is 7.29. The number of aromatic hydroxyl groups is 1. The number of hydrogen-bond acceptors (Lipinski definition) is 3. The minimum absolute atomic E-state index is 0.141. The standard InChI is InChI=1S/C21H32O3/c1-16(2)8-7-9-17(3)14-15-24-21(23)13-12-18(4)19-10-5-6-11-20(19)22/h5-6,8,10-11,17-18,22H,7,9,12-15H2,1-4H3. The summed E-state index contributed by atoms with van der Waals surface area (Å²) in [4.78, 5) is 11.9. The Balaban J connectivity index is 2.20. The number of esters is 1. The fourth-order valence-corrected chi connectivity index (χ4v) is 2.64. The maximum atomic E-state index is 11.9. The third-order valence-electron chi connectivity index (χ3n) is 4.33. The maximum Gasteiger partial charge on any atom is 0.305 e. The highest BCUT2D eigenvalue weighted by atomic mass is 16.5. The predicted octanol–water partition coefficient (Wildman–Crippen LogP) is 5.59. The monoisotopic (exact) mass is 332 g/mol. The van der Waals surface area contributed by atoms with Crippen LogP contribution in [0, 0.1) is 5.92 Å². The lowest BCUT2D eigenvalue weighted by atomic mass is 9.95. The lowest BCUT2D eigenvalue weighted by Crippen LogP contribution is -2.09. The van der Waals surface area contributed by atoms with E-state index in [2.05, 4.69) is 26.8 Å². The molecule has 1 aromatic rings. The first-order chi connectivity index (χ1) is 11.4. The molecule has 0 amide bonds. The molecular formula is C21H32O3. The van der Waals surface area contributed by atoms with Gasteiger partial charge >= 0.3 is 5.97 Å². The molecule has 3 nitrogen and oxygen atoms in total. The molecular weight excluding hydrogens is 300 g/mol. The summed E-state index contributed by atoms with van der Waals surface area (Å²) in [5.74, 6) is 0.854. The van der Waals surface area contributed by atoms with Crippen LogP contribution in [0.3, 0.4) is 0 Å². The van der Waals surface area contributed by atoms with Crippen molar-refractivity contribution >= 4 is 5.97 Å². The van der Waals surface area contributed by atoms with Crippen LogP contribution in [-0.2, 0) is 9.53 Å². The molecule has 0 heterocycles. The summed E-state index contributed by atoms with van der Waals surface area (Å²) in [6.45, 7) is 8.95. The summed E-state index contributed by atoms with van der Waals surface area (Å²) in [6.07, 6.45) is 6.47. The van der Waals surface area contributed by atoms with E-state index in [1.165, 1.54) is 5.57 Å². The molecule has 1 aromatic carbocycles. The van der Waals surface area contributed by atoms with E-state index in [1.54, 1.807) is 12.1 Å². The van der Waals surface area contributed by atoms with Crippen molar-refractivity contribution in [3.63, 3.8) is 0 Å². The molecule has 0 fully saturated rings. The van der Waals surface area contributed by atoms with E-state index in [4.69, 9.17) is 4.74 Å². The molecule has 0 saturated carbocycles. The largest absolute Gasteiger partial charge is 0.508 e. The molecule has 0 aliphatic carbocycles. The zero-order chi connectivity index (χ0) is 17.9. The van der Waals surface area contributed by atoms with Crippen molar-refractivity contribution in [1.29, 1.82) is 0 Å². The Hall–Kier alpha value is -1.77. The van der Waals surface area contributed by atoms with Crippen LogP contribution in [0.2, 0.25) is 0 Å². The van der Waals surface area contributed by atoms with Gasteiger partial charge in [0.05, 0.1) is 6.61 Å². The molecule has 2 unspecified atom stereocenters. The van der Waals surface area contributed by atoms with Gasteiger partial charge in [-0.05, 0) is 63.0 Å². The topological polar surface area (TPSA) is 46.5 Å². The molecule has 24 heavy (non-hydrogen) atoms. The average molecular weight is 332 g/mol. The summed E-state index contributed by atoms with van der Waals surface area (Å²) >= 11 is 0. The molecule has 134 valence electrons. The number of carbonyl (C=O) groups is 1. The Morgan fingerprint density at radius 1 is 1.17 bits per heavy atom. The minimum atomic E-state index is -0.145. The van der Waals surface area contributed by atoms with Gasteiger partial charge in [-0.15, -0.1) is 0 Å². The van der Waals surface area contributed by atoms with Gasteiger partial charge in [0.25, 0.3) is 0 Å². The smallest absolute Gasteiger partial charge is 0.305 e. The minimum Gasteiger partial charge on any atom is -0.508 e. The van der Waals surface area contributed by atoms with Crippen molar-refractivity contribution in [3.05, 3.63) is 41.5 Å². The van der Waals surface area contributed by atoms with Crippen molar-refractivity contribution in [1.82, 2.24) is 0 Å². The second kappa shape index (κ2) is 10.9. The Morgan fingerprint density at radius 3 is 2.54 bits per heavy atom. The molecule has 0 aromatic heterocycles. The molecule has 3 heteroatoms. The second-order valence-corrected chi connectivity index (χ2v) is 6.97. The normalized spacial score (nSPS) is 13.2. The number of carbonyl (C=O) groups excluding carboxylic acids is 1. The first-order valence-electron chi connectivity index (χ1n) is 8.97. The SMILES string of the molecule is CC(C)=CCCC(C)CCOC(=O)CCC(C)c1ccccc1O. The van der Waals surface area contributed by atoms with Gasteiger partial charge in [-0.2, -0.15) is 0 Å². The van der Waals surface area contributed by atoms with Crippen molar-refractivity contribution < 1.29 is 14.6 Å². The third-order valence-corrected chi connectivity index (χ3v) is 4.33. The zero-order valence-corrected chi connectivity index (χ0v) is 15.5.